The summed E-state index contributed by atoms with van der Waals surface area (Å²) < 4.78 is 6.16. The van der Waals surface area contributed by atoms with E-state index < -0.39 is 0 Å². The fraction of sp³-hybridized carbons (Fsp3) is 0.905. The van der Waals surface area contributed by atoms with Crippen molar-refractivity contribution in [2.24, 2.45) is 21.7 Å². The molecule has 0 aromatic carbocycles. The number of fused-ring (bicyclic) bond motifs is 2. The molecule has 4 unspecified atom stereocenters. The predicted octanol–water partition coefficient (Wildman–Crippen LogP) is 1.90. The SMILES string of the molecule is CCN=C(NC1C2CCOC2C12CCCC2)N1CCCC2(CNC(=O)C2)C1. The van der Waals surface area contributed by atoms with Crippen LogP contribution in [-0.4, -0.2) is 61.7 Å². The molecule has 5 rings (SSSR count). The maximum Gasteiger partial charge on any atom is 0.220 e. The first-order chi connectivity index (χ1) is 13.2. The van der Waals surface area contributed by atoms with Crippen LogP contribution >= 0.6 is 0 Å². The van der Waals surface area contributed by atoms with Gasteiger partial charge in [0.25, 0.3) is 0 Å². The average Bonchev–Trinajstić information content (AvgIpc) is 3.38. The van der Waals surface area contributed by atoms with E-state index in [9.17, 15) is 4.79 Å². The van der Waals surface area contributed by atoms with Crippen molar-refractivity contribution in [1.82, 2.24) is 15.5 Å². The zero-order chi connectivity index (χ0) is 18.5. The fourth-order valence-corrected chi connectivity index (χ4v) is 6.86. The number of rotatable bonds is 2. The van der Waals surface area contributed by atoms with Gasteiger partial charge in [0.15, 0.2) is 5.96 Å². The number of guanidine groups is 1. The van der Waals surface area contributed by atoms with E-state index in [0.717, 1.165) is 51.6 Å². The smallest absolute Gasteiger partial charge is 0.220 e. The first-order valence-corrected chi connectivity index (χ1v) is 11.1. The Labute approximate surface area is 162 Å². The summed E-state index contributed by atoms with van der Waals surface area (Å²) >= 11 is 0. The molecule has 3 heterocycles. The molecule has 2 saturated carbocycles. The van der Waals surface area contributed by atoms with Gasteiger partial charge in [0.1, 0.15) is 0 Å². The Bertz CT molecular complexity index is 630. The molecular weight excluding hydrogens is 340 g/mol. The van der Waals surface area contributed by atoms with E-state index in [-0.39, 0.29) is 11.3 Å². The lowest BCUT2D eigenvalue weighted by Gasteiger charge is -2.57. The van der Waals surface area contributed by atoms with E-state index in [2.05, 4.69) is 22.5 Å². The summed E-state index contributed by atoms with van der Waals surface area (Å²) in [5, 5.41) is 7.00. The summed E-state index contributed by atoms with van der Waals surface area (Å²) in [5.74, 6) is 1.95. The summed E-state index contributed by atoms with van der Waals surface area (Å²) in [5.41, 5.74) is 0.448. The summed E-state index contributed by atoms with van der Waals surface area (Å²) in [6.45, 7) is 6.67. The number of carbonyl (C=O) groups excluding carboxylic acids is 1. The Morgan fingerprint density at radius 1 is 1.33 bits per heavy atom. The minimum Gasteiger partial charge on any atom is -0.377 e. The lowest BCUT2D eigenvalue weighted by atomic mass is 9.54. The van der Waals surface area contributed by atoms with Crippen LogP contribution in [0.15, 0.2) is 4.99 Å². The van der Waals surface area contributed by atoms with Gasteiger partial charge >= 0.3 is 0 Å². The number of likely N-dealkylation sites (tertiary alicyclic amines) is 1. The number of ether oxygens (including phenoxy) is 1. The van der Waals surface area contributed by atoms with Gasteiger partial charge in [-0.25, -0.2) is 0 Å². The number of piperidine rings is 1. The summed E-state index contributed by atoms with van der Waals surface area (Å²) in [6, 6.07) is 0.513. The average molecular weight is 375 g/mol. The second-order valence-corrected chi connectivity index (χ2v) is 9.58. The monoisotopic (exact) mass is 374 g/mol. The maximum absolute atomic E-state index is 11.9. The Kier molecular flexibility index (Phi) is 4.37. The van der Waals surface area contributed by atoms with Gasteiger partial charge < -0.3 is 20.3 Å². The van der Waals surface area contributed by atoms with E-state index >= 15 is 0 Å². The molecule has 5 fully saturated rings. The molecule has 4 atom stereocenters. The van der Waals surface area contributed by atoms with Crippen molar-refractivity contribution in [2.75, 3.05) is 32.8 Å². The van der Waals surface area contributed by atoms with Crippen LogP contribution in [0.2, 0.25) is 0 Å². The third kappa shape index (κ3) is 2.78. The highest BCUT2D eigenvalue weighted by Gasteiger charge is 2.65. The zero-order valence-corrected chi connectivity index (χ0v) is 16.6. The van der Waals surface area contributed by atoms with Crippen LogP contribution in [0.25, 0.3) is 0 Å². The van der Waals surface area contributed by atoms with Gasteiger partial charge in [-0.1, -0.05) is 12.8 Å². The van der Waals surface area contributed by atoms with Gasteiger partial charge in [-0.3, -0.25) is 9.79 Å². The maximum atomic E-state index is 11.9. The highest BCUT2D eigenvalue weighted by molar-refractivity contribution is 5.82. The van der Waals surface area contributed by atoms with E-state index in [4.69, 9.17) is 9.73 Å². The molecule has 2 N–H and O–H groups in total. The quantitative estimate of drug-likeness (QED) is 0.572. The van der Waals surface area contributed by atoms with Crippen LogP contribution in [-0.2, 0) is 9.53 Å². The fourth-order valence-electron chi connectivity index (χ4n) is 6.86. The van der Waals surface area contributed by atoms with E-state index in [1.807, 2.05) is 0 Å². The molecule has 0 aromatic heterocycles. The van der Waals surface area contributed by atoms with Crippen LogP contribution in [0.1, 0.15) is 58.3 Å². The summed E-state index contributed by atoms with van der Waals surface area (Å²) in [4.78, 5) is 19.2. The van der Waals surface area contributed by atoms with Crippen molar-refractivity contribution in [3.05, 3.63) is 0 Å². The Morgan fingerprint density at radius 3 is 2.93 bits per heavy atom. The molecule has 0 radical (unpaired) electrons. The minimum atomic E-state index is 0.106. The molecule has 3 aliphatic heterocycles. The first-order valence-electron chi connectivity index (χ1n) is 11.1. The van der Waals surface area contributed by atoms with Crippen LogP contribution < -0.4 is 10.6 Å². The lowest BCUT2D eigenvalue weighted by molar-refractivity contribution is -0.125. The number of hydrogen-bond acceptors (Lipinski definition) is 3. The topological polar surface area (TPSA) is 66.0 Å². The molecule has 0 bridgehead atoms. The molecule has 3 saturated heterocycles. The highest BCUT2D eigenvalue weighted by atomic mass is 16.5. The van der Waals surface area contributed by atoms with E-state index in [0.29, 0.717) is 29.9 Å². The highest BCUT2D eigenvalue weighted by Crippen LogP contribution is 2.60. The van der Waals surface area contributed by atoms with Gasteiger partial charge in [0.05, 0.1) is 6.10 Å². The third-order valence-electron chi connectivity index (χ3n) is 8.04. The molecule has 150 valence electrons. The van der Waals surface area contributed by atoms with E-state index in [1.165, 1.54) is 32.1 Å². The number of carbonyl (C=O) groups is 1. The van der Waals surface area contributed by atoms with Crippen molar-refractivity contribution >= 4 is 11.9 Å². The van der Waals surface area contributed by atoms with Crippen LogP contribution in [0.4, 0.5) is 0 Å². The van der Waals surface area contributed by atoms with Gasteiger partial charge in [-0.15, -0.1) is 0 Å². The van der Waals surface area contributed by atoms with Crippen LogP contribution in [0.5, 0.6) is 0 Å². The number of amides is 1. The molecule has 6 nitrogen and oxygen atoms in total. The van der Waals surface area contributed by atoms with Crippen molar-refractivity contribution in [2.45, 2.75) is 70.4 Å². The summed E-state index contributed by atoms with van der Waals surface area (Å²) in [6.07, 6.45) is 9.90. The Balaban J connectivity index is 1.34. The second-order valence-electron chi connectivity index (χ2n) is 9.58. The van der Waals surface area contributed by atoms with E-state index in [1.54, 1.807) is 0 Å². The minimum absolute atomic E-state index is 0.106. The van der Waals surface area contributed by atoms with Gasteiger partial charge in [-0.05, 0) is 39.0 Å². The van der Waals surface area contributed by atoms with Crippen LogP contribution in [0, 0.1) is 16.7 Å². The number of nitrogens with one attached hydrogen (secondary N) is 2. The molecule has 0 aromatic rings. The molecular formula is C21H34N4O2. The molecule has 5 aliphatic rings. The number of nitrogens with zero attached hydrogens (tertiary/aromatic N) is 2. The first kappa shape index (κ1) is 17.8. The molecule has 27 heavy (non-hydrogen) atoms. The van der Waals surface area contributed by atoms with Crippen molar-refractivity contribution in [1.29, 1.82) is 0 Å². The molecule has 2 aliphatic carbocycles. The second kappa shape index (κ2) is 6.64. The van der Waals surface area contributed by atoms with Gasteiger partial charge in [-0.2, -0.15) is 0 Å². The molecule has 6 heteroatoms. The number of aliphatic imine (C=N–C) groups is 1. The van der Waals surface area contributed by atoms with Crippen molar-refractivity contribution < 1.29 is 9.53 Å². The molecule has 1 amide bonds. The van der Waals surface area contributed by atoms with Crippen molar-refractivity contribution in [3.63, 3.8) is 0 Å². The zero-order valence-electron chi connectivity index (χ0n) is 16.6. The Morgan fingerprint density at radius 2 is 2.19 bits per heavy atom. The van der Waals surface area contributed by atoms with Gasteiger partial charge in [0.2, 0.25) is 5.91 Å². The number of hydrogen-bond donors (Lipinski definition) is 2. The Hall–Kier alpha value is -1.30. The standard InChI is InChI=1S/C21H34N4O2/c1-2-22-19(25-10-5-7-20(14-25)12-16(26)23-13-20)24-17-15-6-11-27-18(15)21(17)8-3-4-9-21/h15,17-18H,2-14H2,1H3,(H,22,24)(H,23,26). The van der Waals surface area contributed by atoms with Crippen molar-refractivity contribution in [3.8, 4) is 0 Å². The van der Waals surface area contributed by atoms with Gasteiger partial charge in [0, 0.05) is 62.0 Å². The normalized spacial score (nSPS) is 40.3. The largest absolute Gasteiger partial charge is 0.377 e. The predicted molar refractivity (Wildman–Crippen MR) is 105 cm³/mol. The van der Waals surface area contributed by atoms with Crippen LogP contribution in [0.3, 0.4) is 0 Å². The lowest BCUT2D eigenvalue weighted by Crippen LogP contribution is -2.70. The third-order valence-corrected chi connectivity index (χ3v) is 8.04. The molecule has 2 spiro atoms. The summed E-state index contributed by atoms with van der Waals surface area (Å²) in [7, 11) is 0.